The molecular weight excluding hydrogens is 459 g/mol. The summed E-state index contributed by atoms with van der Waals surface area (Å²) in [5.74, 6) is 0.504. The Balaban J connectivity index is 0.00000338. The minimum absolute atomic E-state index is 0. The molecule has 1 unspecified atom stereocenters. The lowest BCUT2D eigenvalue weighted by atomic mass is 10.3. The summed E-state index contributed by atoms with van der Waals surface area (Å²) in [6.07, 6.45) is 0. The van der Waals surface area contributed by atoms with Crippen LogP contribution >= 0.6 is 35.7 Å². The first-order valence-corrected chi connectivity index (χ1v) is 9.06. The monoisotopic (exact) mass is 484 g/mol. The van der Waals surface area contributed by atoms with Crippen LogP contribution in [0.3, 0.4) is 0 Å². The largest absolute Gasteiger partial charge is 0.355 e. The zero-order valence-corrected chi connectivity index (χ0v) is 18.1. The van der Waals surface area contributed by atoms with Crippen LogP contribution in [-0.4, -0.2) is 37.3 Å². The van der Waals surface area contributed by atoms with Gasteiger partial charge in [-0.15, -0.1) is 35.7 Å². The van der Waals surface area contributed by atoms with Gasteiger partial charge in [-0.05, 0) is 24.3 Å². The fourth-order valence-corrected chi connectivity index (χ4v) is 3.07. The standard InChI is InChI=1S/C19H24N4OS.HI/c1-15(25-17-11-7-4-8-12-17)13-21-19(20-2)22-14-18(24)23-16-9-5-3-6-10-16;/h3-12,15H,13-14H2,1-2H3,(H,23,24)(H2,20,21,22);1H. The van der Waals surface area contributed by atoms with Crippen molar-refractivity contribution in [1.82, 2.24) is 10.6 Å². The summed E-state index contributed by atoms with van der Waals surface area (Å²) in [6, 6.07) is 19.7. The van der Waals surface area contributed by atoms with Gasteiger partial charge in [-0.1, -0.05) is 43.3 Å². The predicted molar refractivity (Wildman–Crippen MR) is 122 cm³/mol. The van der Waals surface area contributed by atoms with Crippen LogP contribution in [0, 0.1) is 0 Å². The summed E-state index contributed by atoms with van der Waals surface area (Å²) < 4.78 is 0. The number of aliphatic imine (C=N–C) groups is 1. The summed E-state index contributed by atoms with van der Waals surface area (Å²) in [7, 11) is 1.69. The van der Waals surface area contributed by atoms with Gasteiger partial charge in [0.15, 0.2) is 5.96 Å². The molecule has 140 valence electrons. The zero-order chi connectivity index (χ0) is 17.9. The van der Waals surface area contributed by atoms with E-state index in [0.29, 0.717) is 11.2 Å². The number of carbonyl (C=O) groups is 1. The van der Waals surface area contributed by atoms with Gasteiger partial charge in [-0.3, -0.25) is 9.79 Å². The second-order valence-electron chi connectivity index (χ2n) is 5.46. The van der Waals surface area contributed by atoms with Crippen molar-refractivity contribution in [3.8, 4) is 0 Å². The molecule has 2 aromatic rings. The van der Waals surface area contributed by atoms with E-state index < -0.39 is 0 Å². The minimum Gasteiger partial charge on any atom is -0.355 e. The number of nitrogens with one attached hydrogen (secondary N) is 3. The molecule has 0 saturated carbocycles. The third-order valence-electron chi connectivity index (χ3n) is 3.33. The highest BCUT2D eigenvalue weighted by atomic mass is 127. The molecule has 0 radical (unpaired) electrons. The van der Waals surface area contributed by atoms with Gasteiger partial charge >= 0.3 is 0 Å². The van der Waals surface area contributed by atoms with E-state index in [1.54, 1.807) is 18.8 Å². The van der Waals surface area contributed by atoms with Gasteiger partial charge < -0.3 is 16.0 Å². The van der Waals surface area contributed by atoms with E-state index in [0.717, 1.165) is 12.2 Å². The van der Waals surface area contributed by atoms with Gasteiger partial charge in [0.05, 0.1) is 6.54 Å². The van der Waals surface area contributed by atoms with Crippen LogP contribution in [0.5, 0.6) is 0 Å². The van der Waals surface area contributed by atoms with Crippen molar-refractivity contribution in [3.63, 3.8) is 0 Å². The number of anilines is 1. The Bertz CT molecular complexity index is 682. The van der Waals surface area contributed by atoms with E-state index in [1.165, 1.54) is 4.90 Å². The Hall–Kier alpha value is -1.74. The molecule has 0 bridgehead atoms. The van der Waals surface area contributed by atoms with Gasteiger partial charge in [0, 0.05) is 29.4 Å². The molecule has 26 heavy (non-hydrogen) atoms. The van der Waals surface area contributed by atoms with Crippen LogP contribution in [-0.2, 0) is 4.79 Å². The molecule has 0 aliphatic rings. The maximum Gasteiger partial charge on any atom is 0.243 e. The van der Waals surface area contributed by atoms with Gasteiger partial charge in [-0.2, -0.15) is 0 Å². The molecule has 0 aromatic heterocycles. The summed E-state index contributed by atoms with van der Waals surface area (Å²) in [6.45, 7) is 3.06. The Labute approximate surface area is 176 Å². The number of para-hydroxylation sites is 1. The lowest BCUT2D eigenvalue weighted by Gasteiger charge is -2.16. The van der Waals surface area contributed by atoms with E-state index >= 15 is 0 Å². The van der Waals surface area contributed by atoms with E-state index in [2.05, 4.69) is 40.0 Å². The molecule has 1 amide bonds. The average Bonchev–Trinajstić information content (AvgIpc) is 2.63. The predicted octanol–water partition coefficient (Wildman–Crippen LogP) is 3.59. The quantitative estimate of drug-likeness (QED) is 0.243. The molecule has 0 aliphatic carbocycles. The highest BCUT2D eigenvalue weighted by molar-refractivity contribution is 14.0. The Morgan fingerprint density at radius 1 is 1.04 bits per heavy atom. The van der Waals surface area contributed by atoms with Crippen LogP contribution in [0.15, 0.2) is 70.6 Å². The smallest absolute Gasteiger partial charge is 0.243 e. The van der Waals surface area contributed by atoms with Gasteiger partial charge in [0.2, 0.25) is 5.91 Å². The Morgan fingerprint density at radius 3 is 2.27 bits per heavy atom. The molecule has 2 rings (SSSR count). The lowest BCUT2D eigenvalue weighted by molar-refractivity contribution is -0.115. The van der Waals surface area contributed by atoms with Crippen molar-refractivity contribution in [2.45, 2.75) is 17.1 Å². The summed E-state index contributed by atoms with van der Waals surface area (Å²) in [5, 5.41) is 9.48. The van der Waals surface area contributed by atoms with Crippen LogP contribution in [0.25, 0.3) is 0 Å². The molecular formula is C19H25IN4OS. The number of rotatable bonds is 7. The number of guanidine groups is 1. The topological polar surface area (TPSA) is 65.5 Å². The van der Waals surface area contributed by atoms with Crippen LogP contribution in [0.4, 0.5) is 5.69 Å². The SMILES string of the molecule is CN=C(NCC(=O)Nc1ccccc1)NCC(C)Sc1ccccc1.I. The Morgan fingerprint density at radius 2 is 1.65 bits per heavy atom. The number of nitrogens with zero attached hydrogens (tertiary/aromatic N) is 1. The first-order chi connectivity index (χ1) is 12.2. The first kappa shape index (κ1) is 22.3. The average molecular weight is 484 g/mol. The molecule has 0 heterocycles. The number of benzene rings is 2. The number of thioether (sulfide) groups is 1. The molecule has 0 aliphatic heterocycles. The van der Waals surface area contributed by atoms with Crippen molar-refractivity contribution < 1.29 is 4.79 Å². The zero-order valence-electron chi connectivity index (χ0n) is 14.9. The van der Waals surface area contributed by atoms with E-state index in [9.17, 15) is 4.79 Å². The van der Waals surface area contributed by atoms with Gasteiger partial charge in [0.1, 0.15) is 0 Å². The maximum atomic E-state index is 12.0. The van der Waals surface area contributed by atoms with Crippen molar-refractivity contribution in [2.24, 2.45) is 4.99 Å². The number of hydrogen-bond acceptors (Lipinski definition) is 3. The molecule has 1 atom stereocenters. The second-order valence-corrected chi connectivity index (χ2v) is 6.97. The third kappa shape index (κ3) is 8.57. The summed E-state index contributed by atoms with van der Waals surface area (Å²) >= 11 is 1.80. The highest BCUT2D eigenvalue weighted by Crippen LogP contribution is 2.21. The minimum atomic E-state index is -0.110. The molecule has 0 spiro atoms. The number of hydrogen-bond donors (Lipinski definition) is 3. The molecule has 0 saturated heterocycles. The second kappa shape index (κ2) is 12.6. The number of carbonyl (C=O) groups excluding carboxylic acids is 1. The van der Waals surface area contributed by atoms with Gasteiger partial charge in [0.25, 0.3) is 0 Å². The normalized spacial score (nSPS) is 11.8. The number of halogens is 1. The highest BCUT2D eigenvalue weighted by Gasteiger charge is 2.07. The Kier molecular flexibility index (Phi) is 10.8. The summed E-state index contributed by atoms with van der Waals surface area (Å²) in [4.78, 5) is 17.3. The third-order valence-corrected chi connectivity index (χ3v) is 4.45. The molecule has 0 fully saturated rings. The fourth-order valence-electron chi connectivity index (χ4n) is 2.12. The van der Waals surface area contributed by atoms with Gasteiger partial charge in [-0.25, -0.2) is 0 Å². The van der Waals surface area contributed by atoms with Crippen LogP contribution in [0.1, 0.15) is 6.92 Å². The van der Waals surface area contributed by atoms with Crippen molar-refractivity contribution in [2.75, 3.05) is 25.5 Å². The lowest BCUT2D eigenvalue weighted by Crippen LogP contribution is -2.43. The molecule has 5 nitrogen and oxygen atoms in total. The van der Waals surface area contributed by atoms with E-state index in [1.807, 2.05) is 48.5 Å². The van der Waals surface area contributed by atoms with Crippen LogP contribution < -0.4 is 16.0 Å². The number of amides is 1. The van der Waals surface area contributed by atoms with E-state index in [-0.39, 0.29) is 36.4 Å². The fraction of sp³-hybridized carbons (Fsp3) is 0.263. The van der Waals surface area contributed by atoms with Crippen molar-refractivity contribution in [3.05, 3.63) is 60.7 Å². The maximum absolute atomic E-state index is 12.0. The van der Waals surface area contributed by atoms with Crippen molar-refractivity contribution >= 4 is 53.3 Å². The van der Waals surface area contributed by atoms with Crippen molar-refractivity contribution in [1.29, 1.82) is 0 Å². The summed E-state index contributed by atoms with van der Waals surface area (Å²) in [5.41, 5.74) is 0.783. The van der Waals surface area contributed by atoms with E-state index in [4.69, 9.17) is 0 Å². The molecule has 2 aromatic carbocycles. The van der Waals surface area contributed by atoms with Crippen LogP contribution in [0.2, 0.25) is 0 Å². The first-order valence-electron chi connectivity index (χ1n) is 8.18. The molecule has 7 heteroatoms. The molecule has 3 N–H and O–H groups in total.